The van der Waals surface area contributed by atoms with Crippen molar-refractivity contribution in [1.29, 1.82) is 0 Å². The third-order valence-electron chi connectivity index (χ3n) is 7.78. The number of aryl methyl sites for hydroxylation is 1. The minimum atomic E-state index is -0.284. The molecule has 1 aliphatic heterocycles. The van der Waals surface area contributed by atoms with E-state index in [1.54, 1.807) is 0 Å². The Morgan fingerprint density at radius 3 is 2.56 bits per heavy atom. The maximum Gasteiger partial charge on any atom is 0.253 e. The molecule has 4 aromatic rings. The van der Waals surface area contributed by atoms with Crippen LogP contribution in [-0.2, 0) is 6.54 Å². The van der Waals surface area contributed by atoms with Crippen LogP contribution < -0.4 is 5.56 Å². The highest BCUT2D eigenvalue weighted by molar-refractivity contribution is 5.79. The van der Waals surface area contributed by atoms with Gasteiger partial charge in [0.15, 0.2) is 5.82 Å². The molecule has 1 saturated heterocycles. The molecule has 3 heterocycles. The van der Waals surface area contributed by atoms with E-state index in [2.05, 4.69) is 79.7 Å². The molecule has 0 radical (unpaired) electrons. The number of hydrogen-bond acceptors (Lipinski definition) is 6. The first-order valence-electron chi connectivity index (χ1n) is 13.1. The van der Waals surface area contributed by atoms with E-state index in [-0.39, 0.29) is 11.6 Å². The Bertz CT molecular complexity index is 1380. The number of nitrogens with one attached hydrogen (secondary N) is 1. The number of tetrazole rings is 1. The van der Waals surface area contributed by atoms with E-state index >= 15 is 0 Å². The largest absolute Gasteiger partial charge is 0.322 e. The van der Waals surface area contributed by atoms with Crippen LogP contribution in [0.4, 0.5) is 0 Å². The summed E-state index contributed by atoms with van der Waals surface area (Å²) in [6.07, 6.45) is 4.57. The molecule has 0 spiro atoms. The van der Waals surface area contributed by atoms with Gasteiger partial charge in [0.2, 0.25) is 0 Å². The van der Waals surface area contributed by atoms with Gasteiger partial charge in [-0.05, 0) is 59.3 Å². The molecule has 2 aliphatic rings. The normalized spacial score (nSPS) is 18.7. The highest BCUT2D eigenvalue weighted by atomic mass is 16.1. The fourth-order valence-electron chi connectivity index (χ4n) is 5.86. The second-order valence-electron chi connectivity index (χ2n) is 10.3. The SMILES string of the molecule is Cc1ccc2[nH]c(=O)c([C@@H](c3nnnn3C3CCCC3)N3CCN(Cc4ccccc4)CC3)cc2c1. The zero-order valence-corrected chi connectivity index (χ0v) is 20.8. The zero-order chi connectivity index (χ0) is 24.5. The Morgan fingerprint density at radius 1 is 1.00 bits per heavy atom. The lowest BCUT2D eigenvalue weighted by Crippen LogP contribution is -2.48. The molecule has 36 heavy (non-hydrogen) atoms. The van der Waals surface area contributed by atoms with E-state index in [1.165, 1.54) is 24.0 Å². The van der Waals surface area contributed by atoms with Crippen LogP contribution >= 0.6 is 0 Å². The van der Waals surface area contributed by atoms with Crippen molar-refractivity contribution in [3.63, 3.8) is 0 Å². The van der Waals surface area contributed by atoms with E-state index in [9.17, 15) is 4.79 Å². The Balaban J connectivity index is 1.35. The summed E-state index contributed by atoms with van der Waals surface area (Å²) in [5.41, 5.74) is 4.01. The molecule has 8 heteroatoms. The van der Waals surface area contributed by atoms with Gasteiger partial charge in [-0.2, -0.15) is 0 Å². The number of fused-ring (bicyclic) bond motifs is 1. The first kappa shape index (κ1) is 23.1. The maximum absolute atomic E-state index is 13.5. The van der Waals surface area contributed by atoms with Gasteiger partial charge in [-0.25, -0.2) is 4.68 Å². The summed E-state index contributed by atoms with van der Waals surface area (Å²) in [6, 6.07) is 18.8. The summed E-state index contributed by atoms with van der Waals surface area (Å²) in [7, 11) is 0. The topological polar surface area (TPSA) is 82.9 Å². The number of benzene rings is 2. The number of aromatic amines is 1. The summed E-state index contributed by atoms with van der Waals surface area (Å²) >= 11 is 0. The first-order valence-corrected chi connectivity index (χ1v) is 13.1. The summed E-state index contributed by atoms with van der Waals surface area (Å²) in [5, 5.41) is 14.1. The van der Waals surface area contributed by atoms with Crippen molar-refractivity contribution in [1.82, 2.24) is 35.0 Å². The molecule has 2 aromatic heterocycles. The van der Waals surface area contributed by atoms with Crippen molar-refractivity contribution >= 4 is 10.9 Å². The predicted molar refractivity (Wildman–Crippen MR) is 140 cm³/mol. The second-order valence-corrected chi connectivity index (χ2v) is 10.3. The number of pyridine rings is 1. The maximum atomic E-state index is 13.5. The lowest BCUT2D eigenvalue weighted by atomic mass is 10.0. The van der Waals surface area contributed by atoms with E-state index < -0.39 is 0 Å². The van der Waals surface area contributed by atoms with Crippen LogP contribution in [-0.4, -0.2) is 61.2 Å². The molecule has 8 nitrogen and oxygen atoms in total. The number of rotatable bonds is 6. The Kier molecular flexibility index (Phi) is 6.37. The minimum absolute atomic E-state index is 0.0657. The number of piperazine rings is 1. The van der Waals surface area contributed by atoms with Crippen LogP contribution in [0.2, 0.25) is 0 Å². The monoisotopic (exact) mass is 483 g/mol. The van der Waals surface area contributed by atoms with Crippen molar-refractivity contribution in [3.05, 3.63) is 87.5 Å². The lowest BCUT2D eigenvalue weighted by Gasteiger charge is -2.39. The van der Waals surface area contributed by atoms with Crippen molar-refractivity contribution in [2.24, 2.45) is 0 Å². The van der Waals surface area contributed by atoms with Crippen molar-refractivity contribution < 1.29 is 0 Å². The van der Waals surface area contributed by atoms with Crippen LogP contribution in [0.1, 0.15) is 60.3 Å². The van der Waals surface area contributed by atoms with Gasteiger partial charge in [0.1, 0.15) is 6.04 Å². The highest BCUT2D eigenvalue weighted by Gasteiger charge is 2.34. The summed E-state index contributed by atoms with van der Waals surface area (Å²) < 4.78 is 2.01. The fraction of sp³-hybridized carbons (Fsp3) is 0.429. The second kappa shape index (κ2) is 9.95. The molecule has 1 atom stereocenters. The highest BCUT2D eigenvalue weighted by Crippen LogP contribution is 2.34. The molecule has 2 fully saturated rings. The van der Waals surface area contributed by atoms with Gasteiger partial charge in [-0.15, -0.1) is 5.10 Å². The fourth-order valence-corrected chi connectivity index (χ4v) is 5.86. The Hall–Kier alpha value is -3.36. The number of aromatic nitrogens is 5. The average molecular weight is 484 g/mol. The van der Waals surface area contributed by atoms with E-state index in [0.717, 1.165) is 67.9 Å². The third kappa shape index (κ3) is 4.58. The summed E-state index contributed by atoms with van der Waals surface area (Å²) in [4.78, 5) is 21.5. The molecule has 0 unspecified atom stereocenters. The molecule has 6 rings (SSSR count). The van der Waals surface area contributed by atoms with Gasteiger partial charge in [0.05, 0.1) is 6.04 Å². The van der Waals surface area contributed by atoms with E-state index in [1.807, 2.05) is 16.8 Å². The summed E-state index contributed by atoms with van der Waals surface area (Å²) in [6.45, 7) is 6.58. The molecule has 2 aromatic carbocycles. The molecule has 186 valence electrons. The van der Waals surface area contributed by atoms with Crippen molar-refractivity contribution in [2.45, 2.75) is 51.2 Å². The number of hydrogen-bond donors (Lipinski definition) is 1. The molecule has 1 N–H and O–H groups in total. The third-order valence-corrected chi connectivity index (χ3v) is 7.78. The molecule has 1 aliphatic carbocycles. The number of nitrogens with zero attached hydrogens (tertiary/aromatic N) is 6. The number of H-pyrrole nitrogens is 1. The lowest BCUT2D eigenvalue weighted by molar-refractivity contribution is 0.0989. The van der Waals surface area contributed by atoms with Gasteiger partial charge in [-0.1, -0.05) is 54.8 Å². The standard InChI is InChI=1S/C28H33N7O/c1-20-11-12-25-22(17-20)18-24(28(36)29-25)26(27-30-31-32-35(27)23-9-5-6-10-23)34-15-13-33(14-16-34)19-21-7-3-2-4-8-21/h2-4,7-8,11-12,17-18,23,26H,5-6,9-10,13-16,19H2,1H3,(H,29,36)/t26-/m0/s1. The van der Waals surface area contributed by atoms with E-state index in [4.69, 9.17) is 0 Å². The summed E-state index contributed by atoms with van der Waals surface area (Å²) in [5.74, 6) is 0.788. The van der Waals surface area contributed by atoms with Crippen LogP contribution in [0, 0.1) is 6.92 Å². The van der Waals surface area contributed by atoms with E-state index in [0.29, 0.717) is 6.04 Å². The van der Waals surface area contributed by atoms with Crippen LogP contribution in [0.25, 0.3) is 10.9 Å². The predicted octanol–water partition coefficient (Wildman–Crippen LogP) is 3.85. The van der Waals surface area contributed by atoms with Gasteiger partial charge in [0.25, 0.3) is 5.56 Å². The smallest absolute Gasteiger partial charge is 0.253 e. The van der Waals surface area contributed by atoms with Crippen LogP contribution in [0.3, 0.4) is 0 Å². The molecular weight excluding hydrogens is 450 g/mol. The van der Waals surface area contributed by atoms with Gasteiger partial charge in [-0.3, -0.25) is 14.6 Å². The van der Waals surface area contributed by atoms with Crippen molar-refractivity contribution in [3.8, 4) is 0 Å². The molecular formula is C28H33N7O. The quantitative estimate of drug-likeness (QED) is 0.449. The van der Waals surface area contributed by atoms with Gasteiger partial charge < -0.3 is 4.98 Å². The van der Waals surface area contributed by atoms with Crippen LogP contribution in [0.15, 0.2) is 59.4 Å². The van der Waals surface area contributed by atoms with Gasteiger partial charge >= 0.3 is 0 Å². The van der Waals surface area contributed by atoms with Crippen molar-refractivity contribution in [2.75, 3.05) is 26.2 Å². The molecule has 0 bridgehead atoms. The molecule has 1 saturated carbocycles. The average Bonchev–Trinajstić information content (AvgIpc) is 3.59. The van der Waals surface area contributed by atoms with Crippen LogP contribution in [0.5, 0.6) is 0 Å². The molecule has 0 amide bonds. The minimum Gasteiger partial charge on any atom is -0.322 e. The van der Waals surface area contributed by atoms with Gasteiger partial charge in [0, 0.05) is 43.8 Å². The Labute approximate surface area is 210 Å². The Morgan fingerprint density at radius 2 is 1.78 bits per heavy atom. The zero-order valence-electron chi connectivity index (χ0n) is 20.8. The first-order chi connectivity index (χ1) is 17.7.